The van der Waals surface area contributed by atoms with E-state index in [2.05, 4.69) is 36.5 Å². The van der Waals surface area contributed by atoms with E-state index in [1.54, 1.807) is 0 Å². The van der Waals surface area contributed by atoms with Crippen molar-refractivity contribution in [1.82, 2.24) is 10.2 Å². The van der Waals surface area contributed by atoms with Gasteiger partial charge in [-0.2, -0.15) is 0 Å². The number of aryl methyl sites for hydroxylation is 1. The number of hydrogen-bond acceptors (Lipinski definition) is 3. The number of amides is 2. The molecule has 108 valence electrons. The third kappa shape index (κ3) is 3.07. The van der Waals surface area contributed by atoms with Gasteiger partial charge < -0.3 is 0 Å². The summed E-state index contributed by atoms with van der Waals surface area (Å²) in [7, 11) is 1.54. The van der Waals surface area contributed by atoms with Gasteiger partial charge >= 0.3 is 0 Å². The van der Waals surface area contributed by atoms with Crippen LogP contribution in [0.5, 0.6) is 0 Å². The van der Waals surface area contributed by atoms with Gasteiger partial charge in [-0.15, -0.1) is 0 Å². The first kappa shape index (κ1) is 14.7. The summed E-state index contributed by atoms with van der Waals surface area (Å²) in [6.45, 7) is 4.18. The van der Waals surface area contributed by atoms with Gasteiger partial charge in [-0.25, -0.2) is 0 Å². The Morgan fingerprint density at radius 2 is 1.95 bits per heavy atom. The van der Waals surface area contributed by atoms with E-state index in [-0.39, 0.29) is 24.3 Å². The Kier molecular flexibility index (Phi) is 4.55. The van der Waals surface area contributed by atoms with Gasteiger partial charge in [0.05, 0.1) is 12.5 Å². The zero-order valence-electron chi connectivity index (χ0n) is 12.3. The zero-order chi connectivity index (χ0) is 14.7. The lowest BCUT2D eigenvalue weighted by atomic mass is 10.0. The number of carbonyl (C=O) groups is 2. The van der Waals surface area contributed by atoms with E-state index >= 15 is 0 Å². The number of nitrogens with zero attached hydrogens (tertiary/aromatic N) is 1. The minimum absolute atomic E-state index is 0.0546. The molecule has 0 bridgehead atoms. The average molecular weight is 274 g/mol. The van der Waals surface area contributed by atoms with Gasteiger partial charge in [0.15, 0.2) is 0 Å². The average Bonchev–Trinajstić information content (AvgIpc) is 2.67. The summed E-state index contributed by atoms with van der Waals surface area (Å²) in [6.07, 6.45) is 2.48. The third-order valence-corrected chi connectivity index (χ3v) is 3.85. The molecule has 2 amide bonds. The molecule has 4 heteroatoms. The minimum atomic E-state index is -0.391. The summed E-state index contributed by atoms with van der Waals surface area (Å²) in [4.78, 5) is 24.6. The van der Waals surface area contributed by atoms with Crippen molar-refractivity contribution in [3.63, 3.8) is 0 Å². The van der Waals surface area contributed by atoms with Crippen molar-refractivity contribution in [3.05, 3.63) is 35.4 Å². The lowest BCUT2D eigenvalue weighted by Crippen LogP contribution is -2.38. The maximum atomic E-state index is 11.9. The standard InChI is InChI=1S/C16H22N2O2/c1-4-5-12-6-8-13(9-7-12)11(2)17-14-10-15(19)18(3)16(14)20/h6-9,11,14,17H,4-5,10H2,1-3H3. The predicted molar refractivity (Wildman–Crippen MR) is 78.2 cm³/mol. The highest BCUT2D eigenvalue weighted by atomic mass is 16.2. The Balaban J connectivity index is 1.99. The Labute approximate surface area is 120 Å². The van der Waals surface area contributed by atoms with Crippen molar-refractivity contribution < 1.29 is 9.59 Å². The second-order valence-electron chi connectivity index (χ2n) is 5.43. The van der Waals surface area contributed by atoms with Crippen molar-refractivity contribution in [2.24, 2.45) is 0 Å². The van der Waals surface area contributed by atoms with Gasteiger partial charge in [0, 0.05) is 13.1 Å². The molecule has 1 aromatic carbocycles. The van der Waals surface area contributed by atoms with Crippen LogP contribution in [0.4, 0.5) is 0 Å². The molecule has 0 aliphatic carbocycles. The van der Waals surface area contributed by atoms with Gasteiger partial charge in [0.1, 0.15) is 0 Å². The highest BCUT2D eigenvalue weighted by molar-refractivity contribution is 6.05. The Morgan fingerprint density at radius 1 is 1.30 bits per heavy atom. The van der Waals surface area contributed by atoms with Gasteiger partial charge in [-0.3, -0.25) is 19.8 Å². The molecule has 20 heavy (non-hydrogen) atoms. The summed E-state index contributed by atoms with van der Waals surface area (Å²) < 4.78 is 0. The number of carbonyl (C=O) groups excluding carboxylic acids is 2. The summed E-state index contributed by atoms with van der Waals surface area (Å²) in [5, 5.41) is 3.25. The van der Waals surface area contributed by atoms with Crippen LogP contribution in [0.25, 0.3) is 0 Å². The summed E-state index contributed by atoms with van der Waals surface area (Å²) >= 11 is 0. The second-order valence-corrected chi connectivity index (χ2v) is 5.43. The van der Waals surface area contributed by atoms with Crippen molar-refractivity contribution in [2.75, 3.05) is 7.05 Å². The van der Waals surface area contributed by atoms with E-state index in [4.69, 9.17) is 0 Å². The number of imide groups is 1. The number of benzene rings is 1. The third-order valence-electron chi connectivity index (χ3n) is 3.85. The Morgan fingerprint density at radius 3 is 2.45 bits per heavy atom. The number of hydrogen-bond donors (Lipinski definition) is 1. The van der Waals surface area contributed by atoms with E-state index in [1.165, 1.54) is 17.5 Å². The van der Waals surface area contributed by atoms with Gasteiger partial charge in [0.2, 0.25) is 11.8 Å². The maximum absolute atomic E-state index is 11.9. The van der Waals surface area contributed by atoms with E-state index in [1.807, 2.05) is 6.92 Å². The minimum Gasteiger partial charge on any atom is -0.299 e. The summed E-state index contributed by atoms with van der Waals surface area (Å²) in [5.41, 5.74) is 2.47. The molecular weight excluding hydrogens is 252 g/mol. The summed E-state index contributed by atoms with van der Waals surface area (Å²) in [6, 6.07) is 8.10. The molecular formula is C16H22N2O2. The predicted octanol–water partition coefficient (Wildman–Crippen LogP) is 2.05. The highest BCUT2D eigenvalue weighted by Crippen LogP contribution is 2.18. The molecule has 0 aromatic heterocycles. The molecule has 1 aliphatic heterocycles. The molecule has 1 aliphatic rings. The molecule has 1 heterocycles. The smallest absolute Gasteiger partial charge is 0.246 e. The molecule has 2 rings (SSSR count). The maximum Gasteiger partial charge on any atom is 0.246 e. The fraction of sp³-hybridized carbons (Fsp3) is 0.500. The molecule has 0 spiro atoms. The van der Waals surface area contributed by atoms with E-state index in [0.717, 1.165) is 18.4 Å². The normalized spacial score (nSPS) is 20.6. The molecule has 1 N–H and O–H groups in total. The van der Waals surface area contributed by atoms with Crippen LogP contribution in [0.3, 0.4) is 0 Å². The first-order chi connectivity index (χ1) is 9.52. The van der Waals surface area contributed by atoms with Crippen molar-refractivity contribution in [2.45, 2.75) is 45.2 Å². The fourth-order valence-electron chi connectivity index (χ4n) is 2.55. The number of rotatable bonds is 5. The van der Waals surface area contributed by atoms with Crippen LogP contribution in [0, 0.1) is 0 Å². The van der Waals surface area contributed by atoms with E-state index in [0.29, 0.717) is 0 Å². The van der Waals surface area contributed by atoms with Crippen molar-refractivity contribution in [1.29, 1.82) is 0 Å². The molecule has 1 saturated heterocycles. The van der Waals surface area contributed by atoms with E-state index < -0.39 is 6.04 Å². The first-order valence-electron chi connectivity index (χ1n) is 7.18. The number of likely N-dealkylation sites (N-methyl/N-ethyl adjacent to an activating group) is 1. The van der Waals surface area contributed by atoms with Crippen LogP contribution >= 0.6 is 0 Å². The first-order valence-corrected chi connectivity index (χ1v) is 7.18. The lowest BCUT2D eigenvalue weighted by molar-refractivity contribution is -0.137. The van der Waals surface area contributed by atoms with E-state index in [9.17, 15) is 9.59 Å². The largest absolute Gasteiger partial charge is 0.299 e. The molecule has 0 saturated carbocycles. The Hall–Kier alpha value is -1.68. The molecule has 4 nitrogen and oxygen atoms in total. The topological polar surface area (TPSA) is 49.4 Å². The number of likely N-dealkylation sites (tertiary alicyclic amines) is 1. The zero-order valence-corrected chi connectivity index (χ0v) is 12.3. The lowest BCUT2D eigenvalue weighted by Gasteiger charge is -2.18. The van der Waals surface area contributed by atoms with Crippen LogP contribution in [-0.4, -0.2) is 29.8 Å². The molecule has 2 unspecified atom stereocenters. The Bertz CT molecular complexity index is 496. The SMILES string of the molecule is CCCc1ccc(C(C)NC2CC(=O)N(C)C2=O)cc1. The molecule has 1 fully saturated rings. The number of nitrogens with one attached hydrogen (secondary N) is 1. The monoisotopic (exact) mass is 274 g/mol. The quantitative estimate of drug-likeness (QED) is 0.836. The molecule has 1 aromatic rings. The molecule has 0 radical (unpaired) electrons. The fourth-order valence-corrected chi connectivity index (χ4v) is 2.55. The van der Waals surface area contributed by atoms with Crippen LogP contribution in [-0.2, 0) is 16.0 Å². The van der Waals surface area contributed by atoms with Crippen molar-refractivity contribution in [3.8, 4) is 0 Å². The van der Waals surface area contributed by atoms with Crippen LogP contribution in [0.2, 0.25) is 0 Å². The van der Waals surface area contributed by atoms with Crippen LogP contribution in [0.15, 0.2) is 24.3 Å². The molecule has 2 atom stereocenters. The van der Waals surface area contributed by atoms with Gasteiger partial charge in [-0.1, -0.05) is 37.6 Å². The highest BCUT2D eigenvalue weighted by Gasteiger charge is 2.36. The van der Waals surface area contributed by atoms with Gasteiger partial charge in [-0.05, 0) is 24.5 Å². The van der Waals surface area contributed by atoms with Gasteiger partial charge in [0.25, 0.3) is 0 Å². The summed E-state index contributed by atoms with van der Waals surface area (Å²) in [5.74, 6) is -0.248. The van der Waals surface area contributed by atoms with Crippen LogP contribution in [0.1, 0.15) is 43.9 Å². The van der Waals surface area contributed by atoms with Crippen LogP contribution < -0.4 is 5.32 Å². The second kappa shape index (κ2) is 6.18. The van der Waals surface area contributed by atoms with Crippen molar-refractivity contribution >= 4 is 11.8 Å².